The SMILES string of the molecule is CC(C)[C@H](N)C(=O)N1CCCC(CNC(=O)Nc2cccc(F)c2)C1. The summed E-state index contributed by atoms with van der Waals surface area (Å²) in [6.07, 6.45) is 1.84. The molecule has 0 bridgehead atoms. The third-order valence-electron chi connectivity index (χ3n) is 4.47. The molecular formula is C18H27FN4O2. The van der Waals surface area contributed by atoms with Crippen LogP contribution < -0.4 is 16.4 Å². The number of piperidine rings is 1. The van der Waals surface area contributed by atoms with Gasteiger partial charge in [0.1, 0.15) is 5.82 Å². The maximum Gasteiger partial charge on any atom is 0.319 e. The Hall–Kier alpha value is -2.15. The first-order valence-corrected chi connectivity index (χ1v) is 8.71. The molecule has 0 saturated carbocycles. The minimum atomic E-state index is -0.483. The molecule has 2 atom stereocenters. The molecule has 0 spiro atoms. The second kappa shape index (κ2) is 8.80. The highest BCUT2D eigenvalue weighted by molar-refractivity contribution is 5.89. The number of anilines is 1. The molecule has 0 aromatic heterocycles. The van der Waals surface area contributed by atoms with Crippen molar-refractivity contribution in [1.29, 1.82) is 0 Å². The van der Waals surface area contributed by atoms with E-state index in [-0.39, 0.29) is 23.8 Å². The number of amides is 3. The number of carbonyl (C=O) groups excluding carboxylic acids is 2. The van der Waals surface area contributed by atoms with E-state index in [0.717, 1.165) is 12.8 Å². The zero-order valence-electron chi connectivity index (χ0n) is 14.8. The number of carbonyl (C=O) groups is 2. The molecule has 1 aromatic carbocycles. The number of benzene rings is 1. The first-order valence-electron chi connectivity index (χ1n) is 8.71. The van der Waals surface area contributed by atoms with Crippen molar-refractivity contribution < 1.29 is 14.0 Å². The molecule has 2 rings (SSSR count). The molecule has 1 saturated heterocycles. The number of hydrogen-bond donors (Lipinski definition) is 3. The summed E-state index contributed by atoms with van der Waals surface area (Å²) in [6.45, 7) is 5.64. The minimum Gasteiger partial charge on any atom is -0.341 e. The first kappa shape index (κ1) is 19.2. The summed E-state index contributed by atoms with van der Waals surface area (Å²) in [4.78, 5) is 26.1. The summed E-state index contributed by atoms with van der Waals surface area (Å²) in [7, 11) is 0. The number of rotatable bonds is 5. The highest BCUT2D eigenvalue weighted by Crippen LogP contribution is 2.18. The summed E-state index contributed by atoms with van der Waals surface area (Å²) in [5.41, 5.74) is 6.36. The molecule has 3 amide bonds. The molecule has 0 radical (unpaired) electrons. The van der Waals surface area contributed by atoms with Gasteiger partial charge in [-0.25, -0.2) is 9.18 Å². The van der Waals surface area contributed by atoms with Gasteiger partial charge in [0, 0.05) is 25.3 Å². The summed E-state index contributed by atoms with van der Waals surface area (Å²) < 4.78 is 13.1. The van der Waals surface area contributed by atoms with Crippen molar-refractivity contribution in [1.82, 2.24) is 10.2 Å². The van der Waals surface area contributed by atoms with Crippen LogP contribution >= 0.6 is 0 Å². The maximum absolute atomic E-state index is 13.1. The van der Waals surface area contributed by atoms with Crippen LogP contribution in [0, 0.1) is 17.7 Å². The molecular weight excluding hydrogens is 323 g/mol. The lowest BCUT2D eigenvalue weighted by Gasteiger charge is -2.35. The van der Waals surface area contributed by atoms with Gasteiger partial charge >= 0.3 is 6.03 Å². The van der Waals surface area contributed by atoms with Crippen LogP contribution in [0.2, 0.25) is 0 Å². The zero-order chi connectivity index (χ0) is 18.4. The topological polar surface area (TPSA) is 87.5 Å². The van der Waals surface area contributed by atoms with E-state index < -0.39 is 11.9 Å². The Morgan fingerprint density at radius 1 is 1.40 bits per heavy atom. The Morgan fingerprint density at radius 3 is 2.84 bits per heavy atom. The maximum atomic E-state index is 13.1. The minimum absolute atomic E-state index is 0.0242. The van der Waals surface area contributed by atoms with Gasteiger partial charge in [0.2, 0.25) is 5.91 Å². The van der Waals surface area contributed by atoms with Crippen LogP contribution in [-0.4, -0.2) is 42.5 Å². The van der Waals surface area contributed by atoms with Crippen LogP contribution in [0.4, 0.5) is 14.9 Å². The predicted molar refractivity (Wildman–Crippen MR) is 95.5 cm³/mol. The van der Waals surface area contributed by atoms with Crippen LogP contribution in [0.15, 0.2) is 24.3 Å². The van der Waals surface area contributed by atoms with E-state index in [9.17, 15) is 14.0 Å². The van der Waals surface area contributed by atoms with E-state index in [1.54, 1.807) is 11.0 Å². The number of nitrogens with zero attached hydrogens (tertiary/aromatic N) is 1. The third kappa shape index (κ3) is 5.70. The van der Waals surface area contributed by atoms with Gasteiger partial charge in [-0.05, 0) is 42.9 Å². The number of halogens is 1. The fourth-order valence-corrected chi connectivity index (χ4v) is 2.91. The molecule has 1 aliphatic heterocycles. The lowest BCUT2D eigenvalue weighted by Crippen LogP contribution is -2.51. The normalized spacial score (nSPS) is 18.8. The molecule has 6 nitrogen and oxygen atoms in total. The highest BCUT2D eigenvalue weighted by Gasteiger charge is 2.28. The van der Waals surface area contributed by atoms with Crippen molar-refractivity contribution in [2.75, 3.05) is 25.0 Å². The lowest BCUT2D eigenvalue weighted by atomic mass is 9.96. The van der Waals surface area contributed by atoms with Crippen molar-refractivity contribution >= 4 is 17.6 Å². The Balaban J connectivity index is 1.80. The second-order valence-electron chi connectivity index (χ2n) is 6.91. The Labute approximate surface area is 147 Å². The van der Waals surface area contributed by atoms with Crippen molar-refractivity contribution in [3.8, 4) is 0 Å². The fourth-order valence-electron chi connectivity index (χ4n) is 2.91. The zero-order valence-corrected chi connectivity index (χ0v) is 14.8. The van der Waals surface area contributed by atoms with E-state index in [0.29, 0.717) is 25.3 Å². The van der Waals surface area contributed by atoms with Gasteiger partial charge < -0.3 is 21.3 Å². The van der Waals surface area contributed by atoms with Gasteiger partial charge in [-0.3, -0.25) is 4.79 Å². The molecule has 1 unspecified atom stereocenters. The molecule has 0 aliphatic carbocycles. The summed E-state index contributed by atoms with van der Waals surface area (Å²) >= 11 is 0. The monoisotopic (exact) mass is 350 g/mol. The van der Waals surface area contributed by atoms with Crippen LogP contribution in [0.25, 0.3) is 0 Å². The smallest absolute Gasteiger partial charge is 0.319 e. The van der Waals surface area contributed by atoms with E-state index in [1.165, 1.54) is 18.2 Å². The molecule has 25 heavy (non-hydrogen) atoms. The largest absolute Gasteiger partial charge is 0.341 e. The second-order valence-corrected chi connectivity index (χ2v) is 6.91. The number of hydrogen-bond acceptors (Lipinski definition) is 3. The summed E-state index contributed by atoms with van der Waals surface area (Å²) in [6, 6.07) is 4.87. The first-order chi connectivity index (χ1) is 11.9. The average molecular weight is 350 g/mol. The molecule has 7 heteroatoms. The predicted octanol–water partition coefficient (Wildman–Crippen LogP) is 2.17. The number of nitrogens with one attached hydrogen (secondary N) is 2. The summed E-state index contributed by atoms with van der Waals surface area (Å²) in [5.74, 6) is -0.136. The quantitative estimate of drug-likeness (QED) is 0.760. The van der Waals surface area contributed by atoms with Crippen molar-refractivity contribution in [3.05, 3.63) is 30.1 Å². The van der Waals surface area contributed by atoms with Gasteiger partial charge in [-0.2, -0.15) is 0 Å². The van der Waals surface area contributed by atoms with E-state index in [2.05, 4.69) is 10.6 Å². The lowest BCUT2D eigenvalue weighted by molar-refractivity contribution is -0.135. The van der Waals surface area contributed by atoms with Gasteiger partial charge in [-0.1, -0.05) is 19.9 Å². The molecule has 4 N–H and O–H groups in total. The number of urea groups is 1. The molecule has 1 fully saturated rings. The standard InChI is InChI=1S/C18H27FN4O2/c1-12(2)16(20)17(24)23-8-4-5-13(11-23)10-21-18(25)22-15-7-3-6-14(19)9-15/h3,6-7,9,12-13,16H,4-5,8,10-11,20H2,1-2H3,(H2,21,22,25)/t13?,16-/m0/s1. The van der Waals surface area contributed by atoms with Gasteiger partial charge in [-0.15, -0.1) is 0 Å². The molecule has 1 heterocycles. The Morgan fingerprint density at radius 2 is 2.16 bits per heavy atom. The van der Waals surface area contributed by atoms with E-state index in [4.69, 9.17) is 5.73 Å². The van der Waals surface area contributed by atoms with Crippen LogP contribution in [-0.2, 0) is 4.79 Å². The van der Waals surface area contributed by atoms with Crippen molar-refractivity contribution in [2.45, 2.75) is 32.7 Å². The molecule has 138 valence electrons. The van der Waals surface area contributed by atoms with Gasteiger partial charge in [0.15, 0.2) is 0 Å². The third-order valence-corrected chi connectivity index (χ3v) is 4.47. The van der Waals surface area contributed by atoms with Crippen LogP contribution in [0.3, 0.4) is 0 Å². The van der Waals surface area contributed by atoms with E-state index in [1.807, 2.05) is 13.8 Å². The highest BCUT2D eigenvalue weighted by atomic mass is 19.1. The van der Waals surface area contributed by atoms with E-state index >= 15 is 0 Å². The number of nitrogens with two attached hydrogens (primary N) is 1. The van der Waals surface area contributed by atoms with Crippen molar-refractivity contribution in [2.24, 2.45) is 17.6 Å². The number of likely N-dealkylation sites (tertiary alicyclic amines) is 1. The summed E-state index contributed by atoms with van der Waals surface area (Å²) in [5, 5.41) is 5.39. The van der Waals surface area contributed by atoms with Gasteiger partial charge in [0.25, 0.3) is 0 Å². The van der Waals surface area contributed by atoms with Crippen molar-refractivity contribution in [3.63, 3.8) is 0 Å². The molecule has 1 aliphatic rings. The average Bonchev–Trinajstić information content (AvgIpc) is 2.59. The fraction of sp³-hybridized carbons (Fsp3) is 0.556. The Kier molecular flexibility index (Phi) is 6.75. The van der Waals surface area contributed by atoms with Gasteiger partial charge in [0.05, 0.1) is 6.04 Å². The molecule has 1 aromatic rings. The van der Waals surface area contributed by atoms with Crippen LogP contribution in [0.1, 0.15) is 26.7 Å². The Bertz CT molecular complexity index is 608. The van der Waals surface area contributed by atoms with Crippen LogP contribution in [0.5, 0.6) is 0 Å².